The summed E-state index contributed by atoms with van der Waals surface area (Å²) in [5.41, 5.74) is 4.22. The molecule has 7 heteroatoms. The quantitative estimate of drug-likeness (QED) is 0.814. The third-order valence-electron chi connectivity index (χ3n) is 4.74. The summed E-state index contributed by atoms with van der Waals surface area (Å²) in [6.07, 6.45) is 5.85. The maximum absolute atomic E-state index is 11.9. The molecule has 2 aliphatic heterocycles. The van der Waals surface area contributed by atoms with Crippen molar-refractivity contribution in [2.75, 3.05) is 6.26 Å². The van der Waals surface area contributed by atoms with Crippen LogP contribution in [0.25, 0.3) is 17.5 Å². The molecule has 0 saturated heterocycles. The molecule has 0 fully saturated rings. The van der Waals surface area contributed by atoms with Crippen LogP contribution in [0.2, 0.25) is 0 Å². The van der Waals surface area contributed by atoms with E-state index < -0.39 is 9.84 Å². The number of benzene rings is 1. The van der Waals surface area contributed by atoms with Gasteiger partial charge < -0.3 is 10.6 Å². The van der Waals surface area contributed by atoms with E-state index in [4.69, 9.17) is 0 Å². The first-order chi connectivity index (χ1) is 11.9. The minimum atomic E-state index is -3.24. The lowest BCUT2D eigenvalue weighted by molar-refractivity contribution is 0.602. The topological polar surface area (TPSA) is 76.0 Å². The zero-order valence-corrected chi connectivity index (χ0v) is 15.2. The van der Waals surface area contributed by atoms with E-state index in [1.54, 1.807) is 18.2 Å². The van der Waals surface area contributed by atoms with Crippen molar-refractivity contribution in [1.29, 1.82) is 0 Å². The second kappa shape index (κ2) is 5.49. The molecule has 1 aromatic carbocycles. The van der Waals surface area contributed by atoms with Gasteiger partial charge >= 0.3 is 0 Å². The summed E-state index contributed by atoms with van der Waals surface area (Å²) in [5, 5.41) is 13.4. The minimum absolute atomic E-state index is 0.0326. The molecule has 2 aromatic rings. The third-order valence-corrected chi connectivity index (χ3v) is 5.85. The van der Waals surface area contributed by atoms with Gasteiger partial charge in [0.2, 0.25) is 0 Å². The van der Waals surface area contributed by atoms with Gasteiger partial charge in [0.15, 0.2) is 9.84 Å². The first-order valence-corrected chi connectivity index (χ1v) is 10.1. The number of rotatable bonds is 3. The fourth-order valence-corrected chi connectivity index (χ4v) is 4.25. The third kappa shape index (κ3) is 2.46. The molecule has 0 aliphatic carbocycles. The van der Waals surface area contributed by atoms with Crippen LogP contribution in [0.1, 0.15) is 18.9 Å². The average Bonchev–Trinajstić information content (AvgIpc) is 3.14. The van der Waals surface area contributed by atoms with Crippen molar-refractivity contribution < 1.29 is 8.42 Å². The van der Waals surface area contributed by atoms with Crippen LogP contribution >= 0.6 is 0 Å². The highest BCUT2D eigenvalue weighted by Gasteiger charge is 2.31. The largest absolute Gasteiger partial charge is 0.367 e. The van der Waals surface area contributed by atoms with Crippen molar-refractivity contribution in [3.8, 4) is 0 Å². The molecular formula is C18H20N4O2S. The van der Waals surface area contributed by atoms with Gasteiger partial charge in [-0.3, -0.25) is 4.68 Å². The Morgan fingerprint density at radius 3 is 2.84 bits per heavy atom. The van der Waals surface area contributed by atoms with E-state index in [2.05, 4.69) is 22.7 Å². The van der Waals surface area contributed by atoms with Gasteiger partial charge in [-0.15, -0.1) is 0 Å². The first kappa shape index (κ1) is 16.0. The Kier molecular flexibility index (Phi) is 3.50. The van der Waals surface area contributed by atoms with Crippen molar-refractivity contribution in [3.05, 3.63) is 52.2 Å². The highest BCUT2D eigenvalue weighted by atomic mass is 32.2. The maximum atomic E-state index is 11.9. The molecule has 2 aliphatic rings. The fourth-order valence-electron chi connectivity index (χ4n) is 3.59. The first-order valence-electron chi connectivity index (χ1n) is 8.19. The molecule has 4 rings (SSSR count). The smallest absolute Gasteiger partial charge is 0.175 e. The van der Waals surface area contributed by atoms with E-state index in [9.17, 15) is 8.42 Å². The lowest BCUT2D eigenvalue weighted by atomic mass is 9.98. The molecule has 0 radical (unpaired) electrons. The molecule has 3 heterocycles. The van der Waals surface area contributed by atoms with Crippen LogP contribution in [0.15, 0.2) is 40.9 Å². The van der Waals surface area contributed by atoms with Crippen LogP contribution in [0.3, 0.4) is 0 Å². The Hall–Kier alpha value is -2.54. The molecule has 0 spiro atoms. The SMILES string of the molecule is CCC1=C(c2cccc(S(C)(=O)=O)c2)NC2NC=c3cnn(C)c3=C12. The number of nitrogens with zero attached hydrogens (tertiary/aromatic N) is 2. The predicted octanol–water partition coefficient (Wildman–Crippen LogP) is 0.0661. The van der Waals surface area contributed by atoms with Crippen molar-refractivity contribution in [1.82, 2.24) is 20.4 Å². The van der Waals surface area contributed by atoms with Gasteiger partial charge in [0.25, 0.3) is 0 Å². The van der Waals surface area contributed by atoms with Crippen LogP contribution in [-0.2, 0) is 16.9 Å². The van der Waals surface area contributed by atoms with Gasteiger partial charge in [-0.05, 0) is 29.7 Å². The van der Waals surface area contributed by atoms with Crippen LogP contribution in [0.4, 0.5) is 0 Å². The second-order valence-corrected chi connectivity index (χ2v) is 8.40. The Labute approximate surface area is 146 Å². The normalized spacial score (nSPS) is 19.0. The molecule has 1 atom stereocenters. The highest BCUT2D eigenvalue weighted by molar-refractivity contribution is 7.90. The summed E-state index contributed by atoms with van der Waals surface area (Å²) in [5.74, 6) is 0. The van der Waals surface area contributed by atoms with E-state index in [0.717, 1.165) is 28.2 Å². The van der Waals surface area contributed by atoms with Crippen LogP contribution in [0, 0.1) is 0 Å². The number of sulfone groups is 1. The second-order valence-electron chi connectivity index (χ2n) is 6.38. The molecule has 130 valence electrons. The summed E-state index contributed by atoms with van der Waals surface area (Å²) in [6, 6.07) is 7.10. The van der Waals surface area contributed by atoms with Gasteiger partial charge in [-0.1, -0.05) is 19.1 Å². The summed E-state index contributed by atoms with van der Waals surface area (Å²) in [4.78, 5) is 0.329. The number of fused-ring (bicyclic) bond motifs is 2. The van der Waals surface area contributed by atoms with Crippen LogP contribution in [-0.4, -0.2) is 30.6 Å². The van der Waals surface area contributed by atoms with Gasteiger partial charge in [0.05, 0.1) is 16.4 Å². The van der Waals surface area contributed by atoms with Gasteiger partial charge in [0, 0.05) is 36.0 Å². The zero-order chi connectivity index (χ0) is 17.8. The number of aromatic nitrogens is 2. The molecule has 1 aromatic heterocycles. The Bertz CT molecular complexity index is 1130. The number of aryl methyl sites for hydroxylation is 1. The summed E-state index contributed by atoms with van der Waals surface area (Å²) in [6.45, 7) is 2.11. The van der Waals surface area contributed by atoms with E-state index in [-0.39, 0.29) is 6.17 Å². The number of hydrogen-bond acceptors (Lipinski definition) is 5. The summed E-state index contributed by atoms with van der Waals surface area (Å²) < 4.78 is 25.7. The van der Waals surface area contributed by atoms with Crippen molar-refractivity contribution in [3.63, 3.8) is 0 Å². The van der Waals surface area contributed by atoms with Crippen LogP contribution < -0.4 is 21.2 Å². The fraction of sp³-hybridized carbons (Fsp3) is 0.278. The van der Waals surface area contributed by atoms with E-state index in [1.165, 1.54) is 17.4 Å². The number of nitrogens with one attached hydrogen (secondary N) is 2. The lowest BCUT2D eigenvalue weighted by Crippen LogP contribution is -2.47. The number of hydrogen-bond donors (Lipinski definition) is 2. The molecule has 0 saturated carbocycles. The Morgan fingerprint density at radius 1 is 1.32 bits per heavy atom. The van der Waals surface area contributed by atoms with Crippen LogP contribution in [0.5, 0.6) is 0 Å². The summed E-state index contributed by atoms with van der Waals surface area (Å²) in [7, 11) is -1.30. The molecule has 6 nitrogen and oxygen atoms in total. The zero-order valence-electron chi connectivity index (χ0n) is 14.4. The molecule has 25 heavy (non-hydrogen) atoms. The van der Waals surface area contributed by atoms with Crippen molar-refractivity contribution in [2.45, 2.75) is 24.4 Å². The standard InChI is InChI=1S/C18H20N4O2S/c1-4-14-15-17-12(10-20-22(17)2)9-19-18(15)21-16(14)11-6-5-7-13(8-11)25(3,23)24/h5-10,18-19,21H,4H2,1-3H3. The molecular weight excluding hydrogens is 336 g/mol. The average molecular weight is 356 g/mol. The predicted molar refractivity (Wildman–Crippen MR) is 97.2 cm³/mol. The maximum Gasteiger partial charge on any atom is 0.175 e. The Morgan fingerprint density at radius 2 is 2.12 bits per heavy atom. The highest BCUT2D eigenvalue weighted by Crippen LogP contribution is 2.33. The van der Waals surface area contributed by atoms with Crippen molar-refractivity contribution >= 4 is 27.3 Å². The molecule has 1 unspecified atom stereocenters. The van der Waals surface area contributed by atoms with Gasteiger partial charge in [0.1, 0.15) is 6.17 Å². The lowest BCUT2D eigenvalue weighted by Gasteiger charge is -2.18. The van der Waals surface area contributed by atoms with Gasteiger partial charge in [-0.25, -0.2) is 8.42 Å². The monoisotopic (exact) mass is 356 g/mol. The summed E-state index contributed by atoms with van der Waals surface area (Å²) >= 11 is 0. The van der Waals surface area contributed by atoms with E-state index >= 15 is 0 Å². The van der Waals surface area contributed by atoms with E-state index in [0.29, 0.717) is 4.90 Å². The molecule has 0 amide bonds. The van der Waals surface area contributed by atoms with Gasteiger partial charge in [-0.2, -0.15) is 5.10 Å². The van der Waals surface area contributed by atoms with Crippen molar-refractivity contribution in [2.24, 2.45) is 7.05 Å². The minimum Gasteiger partial charge on any atom is -0.367 e. The molecule has 0 bridgehead atoms. The molecule has 2 N–H and O–H groups in total. The van der Waals surface area contributed by atoms with E-state index in [1.807, 2.05) is 30.2 Å². The Balaban J connectivity index is 1.97.